The second-order valence-electron chi connectivity index (χ2n) is 6.30. The number of carbonyl (C=O) groups excluding carboxylic acids is 1. The summed E-state index contributed by atoms with van der Waals surface area (Å²) in [5.41, 5.74) is -0.756. The van der Waals surface area contributed by atoms with Crippen molar-refractivity contribution in [3.63, 3.8) is 0 Å². The summed E-state index contributed by atoms with van der Waals surface area (Å²) in [5, 5.41) is 9.03. The minimum atomic E-state index is -4.53. The van der Waals surface area contributed by atoms with Gasteiger partial charge in [0.25, 0.3) is 0 Å². The fourth-order valence-corrected chi connectivity index (χ4v) is 2.54. The predicted molar refractivity (Wildman–Crippen MR) is 104 cm³/mol. The normalized spacial score (nSPS) is 12.0. The lowest BCUT2D eigenvalue weighted by Crippen LogP contribution is -2.26. The third-order valence-corrected chi connectivity index (χ3v) is 4.23. The van der Waals surface area contributed by atoms with E-state index in [0.29, 0.717) is 0 Å². The van der Waals surface area contributed by atoms with Crippen LogP contribution < -0.4 is 9.47 Å². The molecule has 0 spiro atoms. The van der Waals surface area contributed by atoms with Crippen molar-refractivity contribution in [3.8, 4) is 23.3 Å². The highest BCUT2D eigenvalue weighted by Gasteiger charge is 2.31. The van der Waals surface area contributed by atoms with Gasteiger partial charge in [0.15, 0.2) is 6.10 Å². The molecule has 0 bridgehead atoms. The molecule has 0 aliphatic rings. The van der Waals surface area contributed by atoms with Crippen LogP contribution in [0.5, 0.6) is 17.2 Å². The Morgan fingerprint density at radius 1 is 1.20 bits per heavy atom. The molecule has 30 heavy (non-hydrogen) atoms. The molecule has 5 nitrogen and oxygen atoms in total. The lowest BCUT2D eigenvalue weighted by atomic mass is 10.2. The maximum absolute atomic E-state index is 12.8. The number of ether oxygens (including phenoxy) is 3. The topological polar surface area (TPSA) is 68.6 Å². The Balaban J connectivity index is 2.18. The van der Waals surface area contributed by atoms with Crippen LogP contribution in [0.1, 0.15) is 37.8 Å². The van der Waals surface area contributed by atoms with E-state index in [1.165, 1.54) is 25.1 Å². The number of hydrogen-bond donors (Lipinski definition) is 0. The van der Waals surface area contributed by atoms with Crippen molar-refractivity contribution >= 4 is 17.6 Å². The highest BCUT2D eigenvalue weighted by Crippen LogP contribution is 2.37. The Labute approximate surface area is 176 Å². The summed E-state index contributed by atoms with van der Waals surface area (Å²) in [4.78, 5) is 12.0. The number of esters is 1. The van der Waals surface area contributed by atoms with Gasteiger partial charge < -0.3 is 14.2 Å². The first kappa shape index (κ1) is 23.4. The molecule has 9 heteroatoms. The van der Waals surface area contributed by atoms with E-state index in [4.69, 9.17) is 25.8 Å². The van der Waals surface area contributed by atoms with Gasteiger partial charge in [0, 0.05) is 6.07 Å². The van der Waals surface area contributed by atoms with Gasteiger partial charge in [-0.25, -0.2) is 4.79 Å². The molecule has 0 aliphatic heterocycles. The third-order valence-electron chi connectivity index (χ3n) is 3.94. The average molecular weight is 442 g/mol. The number of nitriles is 1. The van der Waals surface area contributed by atoms with E-state index in [1.54, 1.807) is 0 Å². The second kappa shape index (κ2) is 10.2. The molecule has 1 atom stereocenters. The number of rotatable bonds is 8. The SMILES string of the molecule is CCCCOC(=O)C(C)Oc1cc(Oc2ccc(C(F)(F)F)cc2Cl)ccc1C#N. The van der Waals surface area contributed by atoms with E-state index in [1.807, 2.05) is 13.0 Å². The maximum atomic E-state index is 12.8. The Morgan fingerprint density at radius 3 is 2.53 bits per heavy atom. The molecular weight excluding hydrogens is 423 g/mol. The average Bonchev–Trinajstić information content (AvgIpc) is 2.69. The largest absolute Gasteiger partial charge is 0.477 e. The zero-order valence-electron chi connectivity index (χ0n) is 16.3. The summed E-state index contributed by atoms with van der Waals surface area (Å²) in [6.45, 7) is 3.71. The number of alkyl halides is 3. The number of benzene rings is 2. The van der Waals surface area contributed by atoms with Crippen molar-refractivity contribution in [2.45, 2.75) is 39.0 Å². The monoisotopic (exact) mass is 441 g/mol. The fourth-order valence-electron chi connectivity index (χ4n) is 2.32. The molecule has 0 saturated heterocycles. The van der Waals surface area contributed by atoms with E-state index in [9.17, 15) is 23.2 Å². The molecule has 2 rings (SSSR count). The van der Waals surface area contributed by atoms with Crippen LogP contribution in [0, 0.1) is 11.3 Å². The first-order valence-corrected chi connectivity index (χ1v) is 9.45. The summed E-state index contributed by atoms with van der Waals surface area (Å²) < 4.78 is 54.4. The second-order valence-corrected chi connectivity index (χ2v) is 6.70. The van der Waals surface area contributed by atoms with Crippen LogP contribution in [0.2, 0.25) is 5.02 Å². The van der Waals surface area contributed by atoms with Crippen LogP contribution in [0.15, 0.2) is 36.4 Å². The van der Waals surface area contributed by atoms with Gasteiger partial charge in [0.05, 0.1) is 22.8 Å². The van der Waals surface area contributed by atoms with Crippen molar-refractivity contribution in [1.82, 2.24) is 0 Å². The van der Waals surface area contributed by atoms with E-state index < -0.39 is 23.8 Å². The first-order valence-electron chi connectivity index (χ1n) is 9.07. The van der Waals surface area contributed by atoms with E-state index >= 15 is 0 Å². The molecule has 0 fully saturated rings. The number of carbonyl (C=O) groups is 1. The Morgan fingerprint density at radius 2 is 1.93 bits per heavy atom. The highest BCUT2D eigenvalue weighted by atomic mass is 35.5. The van der Waals surface area contributed by atoms with Gasteiger partial charge >= 0.3 is 12.1 Å². The standard InChI is InChI=1S/C21H19ClF3NO4/c1-3-4-9-28-20(27)13(2)29-19-11-16(7-5-14(19)12-26)30-18-8-6-15(10-17(18)22)21(23,24)25/h5-8,10-11,13H,3-4,9H2,1-2H3. The zero-order valence-corrected chi connectivity index (χ0v) is 17.0. The molecule has 0 amide bonds. The highest BCUT2D eigenvalue weighted by molar-refractivity contribution is 6.32. The van der Waals surface area contributed by atoms with Crippen molar-refractivity contribution in [2.24, 2.45) is 0 Å². The number of nitrogens with zero attached hydrogens (tertiary/aromatic N) is 1. The number of unbranched alkanes of at least 4 members (excludes halogenated alkanes) is 1. The summed E-state index contributed by atoms with van der Waals surface area (Å²) in [6, 6.07) is 8.81. The van der Waals surface area contributed by atoms with Crippen molar-refractivity contribution in [1.29, 1.82) is 5.26 Å². The van der Waals surface area contributed by atoms with Crippen LogP contribution >= 0.6 is 11.6 Å². The Bertz CT molecular complexity index is 941. The molecule has 0 saturated carbocycles. The van der Waals surface area contributed by atoms with Crippen LogP contribution in [0.4, 0.5) is 13.2 Å². The third kappa shape index (κ3) is 6.29. The lowest BCUT2D eigenvalue weighted by molar-refractivity contribution is -0.151. The van der Waals surface area contributed by atoms with Gasteiger partial charge in [-0.3, -0.25) is 0 Å². The molecule has 0 aliphatic carbocycles. The van der Waals surface area contributed by atoms with Gasteiger partial charge in [0.1, 0.15) is 23.3 Å². The molecule has 160 valence electrons. The summed E-state index contributed by atoms with van der Waals surface area (Å²) in [7, 11) is 0. The molecule has 0 heterocycles. The van der Waals surface area contributed by atoms with Gasteiger partial charge in [-0.15, -0.1) is 0 Å². The molecule has 2 aromatic rings. The van der Waals surface area contributed by atoms with Crippen molar-refractivity contribution < 1.29 is 32.2 Å². The fraction of sp³-hybridized carbons (Fsp3) is 0.333. The molecule has 0 radical (unpaired) electrons. The molecule has 2 aromatic carbocycles. The molecule has 0 aromatic heterocycles. The van der Waals surface area contributed by atoms with Crippen LogP contribution in [0.25, 0.3) is 0 Å². The Kier molecular flexibility index (Phi) is 7.95. The first-order chi connectivity index (χ1) is 14.2. The maximum Gasteiger partial charge on any atom is 0.416 e. The minimum Gasteiger partial charge on any atom is -0.477 e. The smallest absolute Gasteiger partial charge is 0.416 e. The quantitative estimate of drug-likeness (QED) is 0.364. The van der Waals surface area contributed by atoms with Gasteiger partial charge in [-0.2, -0.15) is 18.4 Å². The van der Waals surface area contributed by atoms with E-state index in [2.05, 4.69) is 0 Å². The Hall–Kier alpha value is -2.92. The predicted octanol–water partition coefficient (Wildman–Crippen LogP) is 6.13. The summed E-state index contributed by atoms with van der Waals surface area (Å²) in [5.74, 6) is -0.355. The lowest BCUT2D eigenvalue weighted by Gasteiger charge is -2.16. The molecule has 1 unspecified atom stereocenters. The number of hydrogen-bond acceptors (Lipinski definition) is 5. The zero-order chi connectivity index (χ0) is 22.3. The molecule has 0 N–H and O–H groups in total. The van der Waals surface area contributed by atoms with Gasteiger partial charge in [-0.05, 0) is 43.7 Å². The van der Waals surface area contributed by atoms with Crippen LogP contribution in [-0.2, 0) is 15.7 Å². The van der Waals surface area contributed by atoms with E-state index in [0.717, 1.165) is 31.0 Å². The van der Waals surface area contributed by atoms with E-state index in [-0.39, 0.29) is 34.4 Å². The van der Waals surface area contributed by atoms with Crippen molar-refractivity contribution in [2.75, 3.05) is 6.61 Å². The van der Waals surface area contributed by atoms with Gasteiger partial charge in [-0.1, -0.05) is 24.9 Å². The minimum absolute atomic E-state index is 0.00709. The summed E-state index contributed by atoms with van der Waals surface area (Å²) in [6.07, 6.45) is -3.91. The van der Waals surface area contributed by atoms with Crippen molar-refractivity contribution in [3.05, 3.63) is 52.5 Å². The number of halogens is 4. The summed E-state index contributed by atoms with van der Waals surface area (Å²) >= 11 is 5.90. The molecular formula is C21H19ClF3NO4. The van der Waals surface area contributed by atoms with Crippen LogP contribution in [-0.4, -0.2) is 18.7 Å². The van der Waals surface area contributed by atoms with Gasteiger partial charge in [0.2, 0.25) is 0 Å². The van der Waals surface area contributed by atoms with Crippen LogP contribution in [0.3, 0.4) is 0 Å².